The third kappa shape index (κ3) is 4.77. The summed E-state index contributed by atoms with van der Waals surface area (Å²) in [5, 5.41) is 5.31. The van der Waals surface area contributed by atoms with Crippen molar-refractivity contribution in [3.05, 3.63) is 53.6 Å². The summed E-state index contributed by atoms with van der Waals surface area (Å²) in [4.78, 5) is 23.4. The number of amides is 2. The molecule has 0 saturated heterocycles. The highest BCUT2D eigenvalue weighted by atomic mass is 19.3. The Labute approximate surface area is 137 Å². The summed E-state index contributed by atoms with van der Waals surface area (Å²) in [7, 11) is 0. The van der Waals surface area contributed by atoms with Gasteiger partial charge in [-0.05, 0) is 42.8 Å². The van der Waals surface area contributed by atoms with Gasteiger partial charge in [-0.1, -0.05) is 12.1 Å². The van der Waals surface area contributed by atoms with Crippen molar-refractivity contribution in [2.24, 2.45) is 0 Å². The molecule has 2 rings (SSSR count). The number of halogens is 2. The van der Waals surface area contributed by atoms with Crippen molar-refractivity contribution >= 4 is 23.2 Å². The van der Waals surface area contributed by atoms with Gasteiger partial charge in [0.05, 0.1) is 0 Å². The fourth-order valence-electron chi connectivity index (χ4n) is 2.05. The fourth-order valence-corrected chi connectivity index (χ4v) is 2.05. The van der Waals surface area contributed by atoms with Gasteiger partial charge in [0.15, 0.2) is 0 Å². The number of ether oxygens (including phenoxy) is 1. The van der Waals surface area contributed by atoms with E-state index in [2.05, 4.69) is 15.4 Å². The predicted octanol–water partition coefficient (Wildman–Crippen LogP) is 3.81. The van der Waals surface area contributed by atoms with E-state index in [0.717, 1.165) is 5.56 Å². The maximum atomic E-state index is 12.3. The number of anilines is 2. The Hall–Kier alpha value is -2.96. The van der Waals surface area contributed by atoms with E-state index in [-0.39, 0.29) is 17.2 Å². The summed E-state index contributed by atoms with van der Waals surface area (Å²) >= 11 is 0. The van der Waals surface area contributed by atoms with Crippen molar-refractivity contribution in [3.63, 3.8) is 0 Å². The van der Waals surface area contributed by atoms with Crippen LogP contribution in [0.1, 0.15) is 22.8 Å². The van der Waals surface area contributed by atoms with Crippen LogP contribution in [0.4, 0.5) is 20.2 Å². The molecule has 0 radical (unpaired) electrons. The predicted molar refractivity (Wildman–Crippen MR) is 86.5 cm³/mol. The second-order valence-corrected chi connectivity index (χ2v) is 5.07. The summed E-state index contributed by atoms with van der Waals surface area (Å²) < 4.78 is 28.8. The summed E-state index contributed by atoms with van der Waals surface area (Å²) in [6.45, 7) is 0.218. The molecular formula is C17H16F2N2O3. The van der Waals surface area contributed by atoms with Gasteiger partial charge in [-0.15, -0.1) is 0 Å². The third-order valence-electron chi connectivity index (χ3n) is 3.13. The summed E-state index contributed by atoms with van der Waals surface area (Å²) in [5.41, 5.74) is 2.01. The van der Waals surface area contributed by atoms with Gasteiger partial charge in [-0.25, -0.2) is 0 Å². The number of aryl methyl sites for hydroxylation is 1. The molecule has 0 aliphatic rings. The van der Waals surface area contributed by atoms with Crippen LogP contribution in [0.5, 0.6) is 5.75 Å². The number of hydrogen-bond donors (Lipinski definition) is 2. The van der Waals surface area contributed by atoms with Crippen molar-refractivity contribution in [3.8, 4) is 5.75 Å². The Morgan fingerprint density at radius 3 is 2.50 bits per heavy atom. The van der Waals surface area contributed by atoms with Gasteiger partial charge < -0.3 is 15.4 Å². The number of carbonyl (C=O) groups excluding carboxylic acids is 2. The topological polar surface area (TPSA) is 67.4 Å². The second-order valence-electron chi connectivity index (χ2n) is 5.07. The smallest absolute Gasteiger partial charge is 0.387 e. The Morgan fingerprint density at radius 1 is 1.08 bits per heavy atom. The molecule has 2 aromatic rings. The molecule has 0 spiro atoms. The maximum absolute atomic E-state index is 12.3. The normalized spacial score (nSPS) is 10.4. The highest BCUT2D eigenvalue weighted by Crippen LogP contribution is 2.22. The zero-order valence-electron chi connectivity index (χ0n) is 13.1. The van der Waals surface area contributed by atoms with Crippen LogP contribution < -0.4 is 15.4 Å². The van der Waals surface area contributed by atoms with Crippen LogP contribution in [0, 0.1) is 6.92 Å². The Balaban J connectivity index is 2.18. The van der Waals surface area contributed by atoms with Crippen LogP contribution in [-0.2, 0) is 4.79 Å². The van der Waals surface area contributed by atoms with Crippen LogP contribution in [0.2, 0.25) is 0 Å². The fraction of sp³-hybridized carbons (Fsp3) is 0.176. The largest absolute Gasteiger partial charge is 0.435 e. The third-order valence-corrected chi connectivity index (χ3v) is 3.13. The van der Waals surface area contributed by atoms with Crippen LogP contribution in [0.25, 0.3) is 0 Å². The average Bonchev–Trinajstić information content (AvgIpc) is 2.49. The number of rotatable bonds is 5. The van der Waals surface area contributed by atoms with Crippen LogP contribution in [-0.4, -0.2) is 18.4 Å². The molecule has 0 heterocycles. The summed E-state index contributed by atoms with van der Waals surface area (Å²) in [5.74, 6) is -0.799. The minimum absolute atomic E-state index is 0.0960. The lowest BCUT2D eigenvalue weighted by molar-refractivity contribution is -0.114. The number of carbonyl (C=O) groups is 2. The summed E-state index contributed by atoms with van der Waals surface area (Å²) in [6.07, 6.45) is 0. The number of hydrogen-bond acceptors (Lipinski definition) is 3. The van der Waals surface area contributed by atoms with Gasteiger partial charge >= 0.3 is 6.61 Å². The van der Waals surface area contributed by atoms with Gasteiger partial charge in [0, 0.05) is 23.9 Å². The molecule has 0 atom stereocenters. The van der Waals surface area contributed by atoms with Crippen LogP contribution >= 0.6 is 0 Å². The Bertz CT molecular complexity index is 763. The first-order valence-corrected chi connectivity index (χ1v) is 7.09. The molecule has 2 amide bonds. The molecule has 0 aromatic heterocycles. The SMILES string of the molecule is CC(=O)Nc1ccc(C)c(NC(=O)c2cccc(OC(F)F)c2)c1. The quantitative estimate of drug-likeness (QED) is 0.874. The molecule has 126 valence electrons. The van der Waals surface area contributed by atoms with E-state index in [9.17, 15) is 18.4 Å². The van der Waals surface area contributed by atoms with Crippen LogP contribution in [0.3, 0.4) is 0 Å². The lowest BCUT2D eigenvalue weighted by Gasteiger charge is -2.12. The lowest BCUT2D eigenvalue weighted by Crippen LogP contribution is -2.14. The first-order chi connectivity index (χ1) is 11.3. The van der Waals surface area contributed by atoms with Gasteiger partial charge in [-0.2, -0.15) is 8.78 Å². The minimum atomic E-state index is -2.96. The van der Waals surface area contributed by atoms with Crippen molar-refractivity contribution in [2.75, 3.05) is 10.6 Å². The van der Waals surface area contributed by atoms with Gasteiger partial charge in [0.25, 0.3) is 5.91 Å². The highest BCUT2D eigenvalue weighted by molar-refractivity contribution is 6.05. The molecule has 7 heteroatoms. The Morgan fingerprint density at radius 2 is 1.83 bits per heavy atom. The molecule has 0 saturated carbocycles. The number of benzene rings is 2. The molecule has 0 unspecified atom stereocenters. The summed E-state index contributed by atoms with van der Waals surface area (Å²) in [6, 6.07) is 10.6. The zero-order chi connectivity index (χ0) is 17.7. The standard InChI is InChI=1S/C17H16F2N2O3/c1-10-6-7-13(20-11(2)22)9-15(10)21-16(23)12-4-3-5-14(8-12)24-17(18)19/h3-9,17H,1-2H3,(H,20,22)(H,21,23). The lowest BCUT2D eigenvalue weighted by atomic mass is 10.1. The molecule has 2 aromatic carbocycles. The second kappa shape index (κ2) is 7.54. The van der Waals surface area contributed by atoms with E-state index in [0.29, 0.717) is 11.4 Å². The molecule has 24 heavy (non-hydrogen) atoms. The van der Waals surface area contributed by atoms with Crippen molar-refractivity contribution in [1.82, 2.24) is 0 Å². The van der Waals surface area contributed by atoms with E-state index in [1.807, 2.05) is 0 Å². The molecular weight excluding hydrogens is 318 g/mol. The molecule has 0 aliphatic heterocycles. The van der Waals surface area contributed by atoms with Gasteiger partial charge in [0.1, 0.15) is 5.75 Å². The molecule has 0 aliphatic carbocycles. The van der Waals surface area contributed by atoms with E-state index < -0.39 is 12.5 Å². The van der Waals surface area contributed by atoms with Crippen molar-refractivity contribution < 1.29 is 23.1 Å². The van der Waals surface area contributed by atoms with E-state index in [4.69, 9.17) is 0 Å². The van der Waals surface area contributed by atoms with Gasteiger partial charge in [0.2, 0.25) is 5.91 Å². The monoisotopic (exact) mass is 334 g/mol. The first kappa shape index (κ1) is 17.4. The molecule has 0 bridgehead atoms. The number of nitrogens with one attached hydrogen (secondary N) is 2. The highest BCUT2D eigenvalue weighted by Gasteiger charge is 2.11. The zero-order valence-corrected chi connectivity index (χ0v) is 13.1. The first-order valence-electron chi connectivity index (χ1n) is 7.09. The van der Waals surface area contributed by atoms with E-state index in [1.165, 1.54) is 31.2 Å². The molecule has 0 fully saturated rings. The van der Waals surface area contributed by atoms with E-state index in [1.54, 1.807) is 25.1 Å². The Kier molecular flexibility index (Phi) is 5.47. The maximum Gasteiger partial charge on any atom is 0.387 e. The van der Waals surface area contributed by atoms with Crippen LogP contribution in [0.15, 0.2) is 42.5 Å². The molecule has 5 nitrogen and oxygen atoms in total. The van der Waals surface area contributed by atoms with Gasteiger partial charge in [-0.3, -0.25) is 9.59 Å². The number of alkyl halides is 2. The molecule has 2 N–H and O–H groups in total. The van der Waals surface area contributed by atoms with E-state index >= 15 is 0 Å². The minimum Gasteiger partial charge on any atom is -0.435 e. The van der Waals surface area contributed by atoms with Crippen molar-refractivity contribution in [1.29, 1.82) is 0 Å². The van der Waals surface area contributed by atoms with Crippen molar-refractivity contribution in [2.45, 2.75) is 20.5 Å². The average molecular weight is 334 g/mol.